The van der Waals surface area contributed by atoms with Crippen molar-refractivity contribution in [2.75, 3.05) is 20.8 Å². The molecular formula is C17H17NO6S. The monoisotopic (exact) mass is 363 g/mol. The van der Waals surface area contributed by atoms with Crippen LogP contribution < -0.4 is 18.9 Å². The summed E-state index contributed by atoms with van der Waals surface area (Å²) in [6, 6.07) is 9.15. The number of carbonyl (C=O) groups excluding carboxylic acids is 1. The van der Waals surface area contributed by atoms with Crippen molar-refractivity contribution in [3.8, 4) is 17.2 Å². The highest BCUT2D eigenvalue weighted by molar-refractivity contribution is 7.90. The zero-order valence-corrected chi connectivity index (χ0v) is 14.6. The standard InChI is InChI=1S/C17H17NO6S/c1-22-13-4-6-15(23-2)16(10-13)25(20,21)18-17(19)12-3-5-14-11(9-12)7-8-24-14/h3-6,9-10H,7-8H2,1-2H3,(H,18,19). The Labute approximate surface area is 145 Å². The number of hydrogen-bond acceptors (Lipinski definition) is 6. The largest absolute Gasteiger partial charge is 0.497 e. The molecule has 1 N–H and O–H groups in total. The number of hydrogen-bond donors (Lipinski definition) is 1. The van der Waals surface area contributed by atoms with E-state index in [1.807, 2.05) is 0 Å². The number of amides is 1. The number of sulfonamides is 1. The van der Waals surface area contributed by atoms with Gasteiger partial charge in [0.1, 0.15) is 22.1 Å². The van der Waals surface area contributed by atoms with Gasteiger partial charge in [0.2, 0.25) is 0 Å². The summed E-state index contributed by atoms with van der Waals surface area (Å²) in [4.78, 5) is 12.2. The molecule has 132 valence electrons. The molecule has 25 heavy (non-hydrogen) atoms. The summed E-state index contributed by atoms with van der Waals surface area (Å²) in [6.45, 7) is 0.555. The summed E-state index contributed by atoms with van der Waals surface area (Å²) in [7, 11) is -1.36. The van der Waals surface area contributed by atoms with Crippen LogP contribution in [0.5, 0.6) is 17.2 Å². The van der Waals surface area contributed by atoms with Crippen molar-refractivity contribution < 1.29 is 27.4 Å². The van der Waals surface area contributed by atoms with Crippen molar-refractivity contribution >= 4 is 15.9 Å². The van der Waals surface area contributed by atoms with Crippen molar-refractivity contribution in [2.45, 2.75) is 11.3 Å². The third kappa shape index (κ3) is 3.39. The maximum absolute atomic E-state index is 12.6. The van der Waals surface area contributed by atoms with Crippen LogP contribution >= 0.6 is 0 Å². The lowest BCUT2D eigenvalue weighted by atomic mass is 10.1. The highest BCUT2D eigenvalue weighted by Crippen LogP contribution is 2.29. The second-order valence-corrected chi connectivity index (χ2v) is 7.02. The number of rotatable bonds is 5. The van der Waals surface area contributed by atoms with E-state index >= 15 is 0 Å². The van der Waals surface area contributed by atoms with Gasteiger partial charge in [-0.15, -0.1) is 0 Å². The summed E-state index contributed by atoms with van der Waals surface area (Å²) in [6.07, 6.45) is 0.687. The maximum atomic E-state index is 12.6. The van der Waals surface area contributed by atoms with Crippen LogP contribution in [-0.2, 0) is 16.4 Å². The van der Waals surface area contributed by atoms with E-state index in [9.17, 15) is 13.2 Å². The zero-order chi connectivity index (χ0) is 18.0. The lowest BCUT2D eigenvalue weighted by molar-refractivity contribution is 0.0981. The fourth-order valence-corrected chi connectivity index (χ4v) is 3.72. The molecule has 1 aliphatic rings. The van der Waals surface area contributed by atoms with E-state index in [1.165, 1.54) is 32.4 Å². The van der Waals surface area contributed by atoms with Crippen LogP contribution in [0.1, 0.15) is 15.9 Å². The Morgan fingerprint density at radius 1 is 1.12 bits per heavy atom. The van der Waals surface area contributed by atoms with Gasteiger partial charge in [-0.2, -0.15) is 0 Å². The van der Waals surface area contributed by atoms with Gasteiger partial charge in [-0.25, -0.2) is 13.1 Å². The number of ether oxygens (including phenoxy) is 3. The minimum absolute atomic E-state index is 0.114. The summed E-state index contributed by atoms with van der Waals surface area (Å²) in [5.41, 5.74) is 1.12. The van der Waals surface area contributed by atoms with Crippen LogP contribution in [0.4, 0.5) is 0 Å². The van der Waals surface area contributed by atoms with E-state index in [0.717, 1.165) is 5.56 Å². The quantitative estimate of drug-likeness (QED) is 0.870. The molecule has 0 aromatic heterocycles. The minimum Gasteiger partial charge on any atom is -0.497 e. The molecule has 0 saturated heterocycles. The molecule has 0 unspecified atom stereocenters. The second-order valence-electron chi connectivity index (χ2n) is 5.37. The van der Waals surface area contributed by atoms with Crippen molar-refractivity contribution in [3.05, 3.63) is 47.5 Å². The molecule has 0 bridgehead atoms. The van der Waals surface area contributed by atoms with Gasteiger partial charge < -0.3 is 14.2 Å². The topological polar surface area (TPSA) is 90.9 Å². The average molecular weight is 363 g/mol. The predicted molar refractivity (Wildman–Crippen MR) is 89.8 cm³/mol. The second kappa shape index (κ2) is 6.64. The molecule has 0 saturated carbocycles. The number of methoxy groups -OCH3 is 2. The van der Waals surface area contributed by atoms with E-state index in [1.54, 1.807) is 18.2 Å². The first-order chi connectivity index (χ1) is 11.9. The maximum Gasteiger partial charge on any atom is 0.268 e. The highest BCUT2D eigenvalue weighted by atomic mass is 32.2. The Morgan fingerprint density at radius 3 is 2.64 bits per heavy atom. The molecule has 0 fully saturated rings. The van der Waals surface area contributed by atoms with E-state index in [0.29, 0.717) is 24.5 Å². The summed E-state index contributed by atoms with van der Waals surface area (Å²) < 4.78 is 42.8. The lowest BCUT2D eigenvalue weighted by Gasteiger charge is -2.12. The Kier molecular flexibility index (Phi) is 4.54. The molecule has 2 aromatic carbocycles. The van der Waals surface area contributed by atoms with Gasteiger partial charge in [-0.1, -0.05) is 0 Å². The zero-order valence-electron chi connectivity index (χ0n) is 13.7. The Morgan fingerprint density at radius 2 is 1.92 bits per heavy atom. The third-order valence-electron chi connectivity index (χ3n) is 3.84. The van der Waals surface area contributed by atoms with Crippen molar-refractivity contribution in [3.63, 3.8) is 0 Å². The summed E-state index contributed by atoms with van der Waals surface area (Å²) in [5.74, 6) is 0.445. The first kappa shape index (κ1) is 17.1. The normalized spacial score (nSPS) is 12.9. The number of carbonyl (C=O) groups is 1. The van der Waals surface area contributed by atoms with Gasteiger partial charge in [0.25, 0.3) is 15.9 Å². The molecule has 0 spiro atoms. The van der Waals surface area contributed by atoms with Gasteiger partial charge in [0.05, 0.1) is 20.8 Å². The number of benzene rings is 2. The summed E-state index contributed by atoms with van der Waals surface area (Å²) in [5, 5.41) is 0. The average Bonchev–Trinajstić information content (AvgIpc) is 3.08. The van der Waals surface area contributed by atoms with Crippen LogP contribution in [0.25, 0.3) is 0 Å². The molecular weight excluding hydrogens is 346 g/mol. The molecule has 2 aromatic rings. The SMILES string of the molecule is COc1ccc(OC)c(S(=O)(=O)NC(=O)c2ccc3c(c2)CCO3)c1. The third-order valence-corrected chi connectivity index (χ3v) is 5.19. The van der Waals surface area contributed by atoms with Crippen LogP contribution in [0.3, 0.4) is 0 Å². The van der Waals surface area contributed by atoms with E-state index in [4.69, 9.17) is 14.2 Å². The van der Waals surface area contributed by atoms with Gasteiger partial charge >= 0.3 is 0 Å². The van der Waals surface area contributed by atoms with E-state index in [2.05, 4.69) is 4.72 Å². The van der Waals surface area contributed by atoms with Crippen molar-refractivity contribution in [1.29, 1.82) is 0 Å². The van der Waals surface area contributed by atoms with Crippen molar-refractivity contribution in [1.82, 2.24) is 4.72 Å². The fourth-order valence-electron chi connectivity index (χ4n) is 2.56. The van der Waals surface area contributed by atoms with Crippen LogP contribution in [-0.4, -0.2) is 35.2 Å². The molecule has 1 aliphatic heterocycles. The number of nitrogens with one attached hydrogen (secondary N) is 1. The Bertz CT molecular complexity index is 923. The fraction of sp³-hybridized carbons (Fsp3) is 0.235. The van der Waals surface area contributed by atoms with E-state index < -0.39 is 15.9 Å². The lowest BCUT2D eigenvalue weighted by Crippen LogP contribution is -2.31. The Balaban J connectivity index is 1.90. The first-order valence-corrected chi connectivity index (χ1v) is 8.98. The molecule has 1 amide bonds. The minimum atomic E-state index is -4.13. The van der Waals surface area contributed by atoms with E-state index in [-0.39, 0.29) is 16.2 Å². The van der Waals surface area contributed by atoms with Crippen LogP contribution in [0.15, 0.2) is 41.3 Å². The van der Waals surface area contributed by atoms with Crippen LogP contribution in [0, 0.1) is 0 Å². The molecule has 8 heteroatoms. The van der Waals surface area contributed by atoms with Gasteiger partial charge in [0.15, 0.2) is 0 Å². The molecule has 1 heterocycles. The van der Waals surface area contributed by atoms with Crippen molar-refractivity contribution in [2.24, 2.45) is 0 Å². The predicted octanol–water partition coefficient (Wildman–Crippen LogP) is 1.76. The van der Waals surface area contributed by atoms with Gasteiger partial charge in [-0.05, 0) is 35.9 Å². The highest BCUT2D eigenvalue weighted by Gasteiger charge is 2.24. The summed E-state index contributed by atoms with van der Waals surface area (Å²) >= 11 is 0. The molecule has 3 rings (SSSR count). The first-order valence-electron chi connectivity index (χ1n) is 7.49. The molecule has 0 radical (unpaired) electrons. The molecule has 0 aliphatic carbocycles. The smallest absolute Gasteiger partial charge is 0.268 e. The number of fused-ring (bicyclic) bond motifs is 1. The Hall–Kier alpha value is -2.74. The molecule has 7 nitrogen and oxygen atoms in total. The molecule has 0 atom stereocenters. The van der Waals surface area contributed by atoms with Gasteiger partial charge in [0, 0.05) is 18.1 Å². The van der Waals surface area contributed by atoms with Gasteiger partial charge in [-0.3, -0.25) is 4.79 Å². The van der Waals surface area contributed by atoms with Crippen LogP contribution in [0.2, 0.25) is 0 Å².